The molecular formula is C15H17N3O3. The molecule has 1 aromatic carbocycles. The minimum atomic E-state index is -0.773. The summed E-state index contributed by atoms with van der Waals surface area (Å²) in [5.74, 6) is -1.23. The summed E-state index contributed by atoms with van der Waals surface area (Å²) in [5, 5.41) is 14.2. The van der Waals surface area contributed by atoms with Crippen molar-refractivity contribution in [2.45, 2.75) is 12.8 Å². The number of carbonyl (C=O) groups is 2. The van der Waals surface area contributed by atoms with Gasteiger partial charge in [0.05, 0.1) is 11.4 Å². The summed E-state index contributed by atoms with van der Waals surface area (Å²) in [6.07, 6.45) is 1.01. The van der Waals surface area contributed by atoms with Gasteiger partial charge in [0.15, 0.2) is 5.69 Å². The largest absolute Gasteiger partial charge is 0.481 e. The number of amides is 1. The predicted molar refractivity (Wildman–Crippen MR) is 77.0 cm³/mol. The van der Waals surface area contributed by atoms with Crippen LogP contribution >= 0.6 is 0 Å². The van der Waals surface area contributed by atoms with Crippen molar-refractivity contribution < 1.29 is 14.7 Å². The van der Waals surface area contributed by atoms with Crippen LogP contribution in [0.25, 0.3) is 10.9 Å². The van der Waals surface area contributed by atoms with E-state index >= 15 is 0 Å². The molecule has 0 spiro atoms. The number of rotatable bonds is 2. The third-order valence-corrected chi connectivity index (χ3v) is 4.09. The Morgan fingerprint density at radius 2 is 1.90 bits per heavy atom. The van der Waals surface area contributed by atoms with Gasteiger partial charge in [0.2, 0.25) is 0 Å². The van der Waals surface area contributed by atoms with E-state index in [2.05, 4.69) is 5.10 Å². The first-order valence-electron chi connectivity index (χ1n) is 7.01. The Morgan fingerprint density at radius 3 is 2.57 bits per heavy atom. The highest BCUT2D eigenvalue weighted by Crippen LogP contribution is 2.22. The molecular weight excluding hydrogens is 270 g/mol. The fourth-order valence-corrected chi connectivity index (χ4v) is 2.85. The molecule has 1 amide bonds. The molecule has 21 heavy (non-hydrogen) atoms. The molecule has 1 saturated heterocycles. The minimum Gasteiger partial charge on any atom is -0.481 e. The number of nitrogens with zero attached hydrogens (tertiary/aromatic N) is 3. The lowest BCUT2D eigenvalue weighted by Gasteiger charge is -2.29. The van der Waals surface area contributed by atoms with Gasteiger partial charge < -0.3 is 10.0 Å². The molecule has 1 aliphatic rings. The molecule has 2 heterocycles. The standard InChI is InChI=1S/C15H17N3O3/c1-17-12-5-3-2-4-11(12)13(16-17)14(19)18-8-6-10(7-9-18)15(20)21/h2-5,10H,6-9H2,1H3,(H,20,21). The normalized spacial score (nSPS) is 16.3. The molecule has 1 aromatic heterocycles. The average molecular weight is 287 g/mol. The topological polar surface area (TPSA) is 75.4 Å². The van der Waals surface area contributed by atoms with E-state index in [1.807, 2.05) is 31.3 Å². The van der Waals surface area contributed by atoms with Crippen molar-refractivity contribution >= 4 is 22.8 Å². The van der Waals surface area contributed by atoms with E-state index in [-0.39, 0.29) is 11.8 Å². The first-order valence-corrected chi connectivity index (χ1v) is 7.01. The molecule has 0 atom stereocenters. The van der Waals surface area contributed by atoms with Crippen molar-refractivity contribution in [3.05, 3.63) is 30.0 Å². The van der Waals surface area contributed by atoms with Gasteiger partial charge in [-0.05, 0) is 18.9 Å². The van der Waals surface area contributed by atoms with Crippen LogP contribution in [-0.2, 0) is 11.8 Å². The maximum Gasteiger partial charge on any atom is 0.306 e. The van der Waals surface area contributed by atoms with Crippen molar-refractivity contribution in [1.82, 2.24) is 14.7 Å². The second kappa shape index (κ2) is 5.20. The van der Waals surface area contributed by atoms with E-state index in [1.165, 1.54) is 0 Å². The molecule has 1 fully saturated rings. The van der Waals surface area contributed by atoms with Crippen LogP contribution in [0, 0.1) is 5.92 Å². The zero-order chi connectivity index (χ0) is 15.0. The number of hydrogen-bond donors (Lipinski definition) is 1. The fraction of sp³-hybridized carbons (Fsp3) is 0.400. The lowest BCUT2D eigenvalue weighted by atomic mass is 9.97. The van der Waals surface area contributed by atoms with Gasteiger partial charge in [-0.15, -0.1) is 0 Å². The maximum absolute atomic E-state index is 12.6. The third-order valence-electron chi connectivity index (χ3n) is 4.09. The molecule has 0 aliphatic carbocycles. The lowest BCUT2D eigenvalue weighted by Crippen LogP contribution is -2.40. The van der Waals surface area contributed by atoms with E-state index in [0.717, 1.165) is 10.9 Å². The van der Waals surface area contributed by atoms with E-state index < -0.39 is 5.97 Å². The quantitative estimate of drug-likeness (QED) is 0.908. The van der Waals surface area contributed by atoms with Crippen molar-refractivity contribution in [1.29, 1.82) is 0 Å². The van der Waals surface area contributed by atoms with E-state index in [0.29, 0.717) is 31.6 Å². The Kier molecular flexibility index (Phi) is 3.37. The number of aryl methyl sites for hydroxylation is 1. The minimum absolute atomic E-state index is 0.115. The molecule has 110 valence electrons. The van der Waals surface area contributed by atoms with Gasteiger partial charge in [-0.3, -0.25) is 14.3 Å². The second-order valence-corrected chi connectivity index (χ2v) is 5.39. The summed E-state index contributed by atoms with van der Waals surface area (Å²) >= 11 is 0. The number of piperidine rings is 1. The number of para-hydroxylation sites is 1. The van der Waals surface area contributed by atoms with Crippen LogP contribution in [0.5, 0.6) is 0 Å². The highest BCUT2D eigenvalue weighted by Gasteiger charge is 2.29. The molecule has 6 heteroatoms. The van der Waals surface area contributed by atoms with E-state index in [4.69, 9.17) is 5.11 Å². The number of fused-ring (bicyclic) bond motifs is 1. The SMILES string of the molecule is Cn1nc(C(=O)N2CCC(C(=O)O)CC2)c2ccccc21. The monoisotopic (exact) mass is 287 g/mol. The molecule has 3 rings (SSSR count). The highest BCUT2D eigenvalue weighted by atomic mass is 16.4. The molecule has 1 aliphatic heterocycles. The Morgan fingerprint density at radius 1 is 1.24 bits per heavy atom. The number of likely N-dealkylation sites (tertiary alicyclic amines) is 1. The van der Waals surface area contributed by atoms with Crippen LogP contribution < -0.4 is 0 Å². The third kappa shape index (κ3) is 2.37. The van der Waals surface area contributed by atoms with Gasteiger partial charge in [0, 0.05) is 25.5 Å². The number of benzene rings is 1. The second-order valence-electron chi connectivity index (χ2n) is 5.39. The van der Waals surface area contributed by atoms with Crippen molar-refractivity contribution in [3.63, 3.8) is 0 Å². The van der Waals surface area contributed by atoms with E-state index in [1.54, 1.807) is 9.58 Å². The number of hydrogen-bond acceptors (Lipinski definition) is 3. The maximum atomic E-state index is 12.6. The molecule has 0 radical (unpaired) electrons. The fourth-order valence-electron chi connectivity index (χ4n) is 2.85. The number of carboxylic acid groups (broad SMARTS) is 1. The predicted octanol–water partition coefficient (Wildman–Crippen LogP) is 1.51. The van der Waals surface area contributed by atoms with Gasteiger partial charge >= 0.3 is 5.97 Å². The summed E-state index contributed by atoms with van der Waals surface area (Å²) in [4.78, 5) is 25.3. The van der Waals surface area contributed by atoms with Gasteiger partial charge in [-0.2, -0.15) is 5.10 Å². The summed E-state index contributed by atoms with van der Waals surface area (Å²) in [7, 11) is 1.82. The molecule has 0 bridgehead atoms. The molecule has 0 saturated carbocycles. The highest BCUT2D eigenvalue weighted by molar-refractivity contribution is 6.04. The summed E-state index contributed by atoms with van der Waals surface area (Å²) in [5.41, 5.74) is 1.36. The number of aromatic nitrogens is 2. The lowest BCUT2D eigenvalue weighted by molar-refractivity contribution is -0.143. The van der Waals surface area contributed by atoms with Crippen LogP contribution in [0.3, 0.4) is 0 Å². The van der Waals surface area contributed by atoms with Crippen LogP contribution in [0.15, 0.2) is 24.3 Å². The Hall–Kier alpha value is -2.37. The zero-order valence-corrected chi connectivity index (χ0v) is 11.8. The molecule has 1 N–H and O–H groups in total. The van der Waals surface area contributed by atoms with E-state index in [9.17, 15) is 9.59 Å². The average Bonchev–Trinajstić information content (AvgIpc) is 2.84. The van der Waals surface area contributed by atoms with Crippen molar-refractivity contribution in [2.75, 3.05) is 13.1 Å². The first-order chi connectivity index (χ1) is 10.1. The molecule has 2 aromatic rings. The molecule has 6 nitrogen and oxygen atoms in total. The first kappa shape index (κ1) is 13.6. The van der Waals surface area contributed by atoms with Crippen LogP contribution in [0.1, 0.15) is 23.3 Å². The summed E-state index contributed by atoms with van der Waals surface area (Å²) in [6.45, 7) is 0.946. The van der Waals surface area contributed by atoms with Gasteiger partial charge in [0.1, 0.15) is 0 Å². The molecule has 0 unspecified atom stereocenters. The Labute approximate surface area is 122 Å². The van der Waals surface area contributed by atoms with Crippen molar-refractivity contribution in [3.8, 4) is 0 Å². The van der Waals surface area contributed by atoms with Gasteiger partial charge in [0.25, 0.3) is 5.91 Å². The number of carboxylic acids is 1. The Balaban J connectivity index is 1.84. The summed E-state index contributed by atoms with van der Waals surface area (Å²) in [6, 6.07) is 7.61. The number of aliphatic carboxylic acids is 1. The smallest absolute Gasteiger partial charge is 0.306 e. The Bertz CT molecular complexity index is 699. The number of carbonyl (C=O) groups excluding carboxylic acids is 1. The summed E-state index contributed by atoms with van der Waals surface area (Å²) < 4.78 is 1.70. The van der Waals surface area contributed by atoms with Gasteiger partial charge in [-0.1, -0.05) is 18.2 Å². The van der Waals surface area contributed by atoms with Gasteiger partial charge in [-0.25, -0.2) is 0 Å². The van der Waals surface area contributed by atoms with Crippen LogP contribution in [0.2, 0.25) is 0 Å². The zero-order valence-electron chi connectivity index (χ0n) is 11.8. The van der Waals surface area contributed by atoms with Crippen molar-refractivity contribution in [2.24, 2.45) is 13.0 Å². The van der Waals surface area contributed by atoms with Crippen LogP contribution in [-0.4, -0.2) is 44.8 Å². The van der Waals surface area contributed by atoms with Crippen LogP contribution in [0.4, 0.5) is 0 Å².